The van der Waals surface area contributed by atoms with Crippen molar-refractivity contribution in [2.24, 2.45) is 5.92 Å². The molecule has 20 heavy (non-hydrogen) atoms. The molecule has 5 nitrogen and oxygen atoms in total. The molecule has 0 bridgehead atoms. The summed E-state index contributed by atoms with van der Waals surface area (Å²) in [6.07, 6.45) is 0.915. The van der Waals surface area contributed by atoms with Gasteiger partial charge in [0.1, 0.15) is 6.04 Å². The Kier molecular flexibility index (Phi) is 5.14. The number of ether oxygens (including phenoxy) is 1. The van der Waals surface area contributed by atoms with Crippen LogP contribution in [0.2, 0.25) is 0 Å². The normalized spacial score (nSPS) is 19.6. The quantitative estimate of drug-likeness (QED) is 0.852. The van der Waals surface area contributed by atoms with Crippen molar-refractivity contribution in [3.63, 3.8) is 0 Å². The van der Waals surface area contributed by atoms with E-state index in [1.165, 1.54) is 0 Å². The highest BCUT2D eigenvalue weighted by molar-refractivity contribution is 9.10. The molecule has 108 valence electrons. The molecule has 1 fully saturated rings. The van der Waals surface area contributed by atoms with E-state index in [4.69, 9.17) is 4.74 Å². The second-order valence-electron chi connectivity index (χ2n) is 4.79. The Hall–Kier alpha value is -1.40. The number of carbonyl (C=O) groups is 2. The van der Waals surface area contributed by atoms with Gasteiger partial charge in [-0.25, -0.2) is 4.79 Å². The molecule has 1 amide bonds. The summed E-state index contributed by atoms with van der Waals surface area (Å²) in [7, 11) is 0. The van der Waals surface area contributed by atoms with Crippen LogP contribution in [-0.2, 0) is 20.7 Å². The van der Waals surface area contributed by atoms with E-state index >= 15 is 0 Å². The molecular formula is C14H16BrNO4. The number of aliphatic carboxylic acids is 1. The number of carboxylic acids is 1. The monoisotopic (exact) mass is 341 g/mol. The van der Waals surface area contributed by atoms with Crippen molar-refractivity contribution in [1.82, 2.24) is 5.32 Å². The van der Waals surface area contributed by atoms with Crippen LogP contribution >= 0.6 is 15.9 Å². The van der Waals surface area contributed by atoms with E-state index < -0.39 is 12.0 Å². The molecule has 1 aliphatic rings. The van der Waals surface area contributed by atoms with Gasteiger partial charge in [-0.2, -0.15) is 0 Å². The molecule has 0 aromatic heterocycles. The summed E-state index contributed by atoms with van der Waals surface area (Å²) in [6, 6.07) is 6.46. The summed E-state index contributed by atoms with van der Waals surface area (Å²) < 4.78 is 6.07. The highest BCUT2D eigenvalue weighted by Crippen LogP contribution is 2.14. The lowest BCUT2D eigenvalue weighted by molar-refractivity contribution is -0.142. The Bertz CT molecular complexity index is 482. The van der Waals surface area contributed by atoms with Gasteiger partial charge in [0.05, 0.1) is 12.5 Å². The number of carboxylic acid groups (broad SMARTS) is 1. The van der Waals surface area contributed by atoms with Crippen molar-refractivity contribution in [2.45, 2.75) is 18.9 Å². The highest BCUT2D eigenvalue weighted by Gasteiger charge is 2.28. The van der Waals surface area contributed by atoms with E-state index in [-0.39, 0.29) is 18.2 Å². The molecule has 2 N–H and O–H groups in total. The molecule has 1 saturated heterocycles. The standard InChI is InChI=1S/C14H16BrNO4/c15-11-3-1-9(2-4-11)7-12(14(18)19)16-13(17)10-5-6-20-8-10/h1-4,10,12H,5-8H2,(H,16,17)(H,18,19)/t10-,12-/m1/s1. The zero-order valence-electron chi connectivity index (χ0n) is 10.8. The number of benzene rings is 1. The number of rotatable bonds is 5. The first-order valence-corrected chi connectivity index (χ1v) is 7.21. The van der Waals surface area contributed by atoms with Crippen molar-refractivity contribution in [3.8, 4) is 0 Å². The molecule has 1 aromatic rings. The number of halogens is 1. The minimum Gasteiger partial charge on any atom is -0.480 e. The molecule has 1 aliphatic heterocycles. The van der Waals surface area contributed by atoms with Crippen LogP contribution < -0.4 is 5.32 Å². The predicted molar refractivity (Wildman–Crippen MR) is 76.3 cm³/mol. The number of nitrogens with one attached hydrogen (secondary N) is 1. The van der Waals surface area contributed by atoms with Crippen LogP contribution in [0, 0.1) is 5.92 Å². The van der Waals surface area contributed by atoms with Gasteiger partial charge in [-0.1, -0.05) is 28.1 Å². The van der Waals surface area contributed by atoms with E-state index in [1.807, 2.05) is 24.3 Å². The van der Waals surface area contributed by atoms with Gasteiger partial charge in [-0.3, -0.25) is 4.79 Å². The third-order valence-corrected chi connectivity index (χ3v) is 3.80. The van der Waals surface area contributed by atoms with E-state index in [9.17, 15) is 14.7 Å². The third kappa shape index (κ3) is 4.05. The minimum absolute atomic E-state index is 0.234. The summed E-state index contributed by atoms with van der Waals surface area (Å²) >= 11 is 3.33. The first kappa shape index (κ1) is 15.0. The number of amides is 1. The molecular weight excluding hydrogens is 326 g/mol. The Balaban J connectivity index is 1.98. The van der Waals surface area contributed by atoms with Crippen molar-refractivity contribution in [2.75, 3.05) is 13.2 Å². The highest BCUT2D eigenvalue weighted by atomic mass is 79.9. The van der Waals surface area contributed by atoms with Crippen LogP contribution in [0.4, 0.5) is 0 Å². The Morgan fingerprint density at radius 1 is 1.40 bits per heavy atom. The van der Waals surface area contributed by atoms with Crippen LogP contribution in [0.1, 0.15) is 12.0 Å². The van der Waals surface area contributed by atoms with Crippen molar-refractivity contribution in [1.29, 1.82) is 0 Å². The minimum atomic E-state index is -1.03. The Morgan fingerprint density at radius 3 is 2.65 bits per heavy atom. The van der Waals surface area contributed by atoms with Crippen LogP contribution in [0.3, 0.4) is 0 Å². The van der Waals surface area contributed by atoms with Gasteiger partial charge in [0.2, 0.25) is 5.91 Å². The van der Waals surface area contributed by atoms with Gasteiger partial charge in [0, 0.05) is 17.5 Å². The first-order valence-electron chi connectivity index (χ1n) is 6.41. The maximum Gasteiger partial charge on any atom is 0.326 e. The van der Waals surface area contributed by atoms with Crippen molar-refractivity contribution in [3.05, 3.63) is 34.3 Å². The third-order valence-electron chi connectivity index (χ3n) is 3.27. The summed E-state index contributed by atoms with van der Waals surface area (Å²) in [5.41, 5.74) is 0.864. The lowest BCUT2D eigenvalue weighted by atomic mass is 10.0. The van der Waals surface area contributed by atoms with Crippen LogP contribution in [0.5, 0.6) is 0 Å². The van der Waals surface area contributed by atoms with E-state index in [2.05, 4.69) is 21.2 Å². The molecule has 0 spiro atoms. The van der Waals surface area contributed by atoms with Crippen LogP contribution in [0.25, 0.3) is 0 Å². The van der Waals surface area contributed by atoms with E-state index in [0.717, 1.165) is 10.0 Å². The number of hydrogen-bond donors (Lipinski definition) is 2. The van der Waals surface area contributed by atoms with Crippen LogP contribution in [0.15, 0.2) is 28.7 Å². The fraction of sp³-hybridized carbons (Fsp3) is 0.429. The Labute approximate surface area is 125 Å². The number of hydrogen-bond acceptors (Lipinski definition) is 3. The number of carbonyl (C=O) groups excluding carboxylic acids is 1. The largest absolute Gasteiger partial charge is 0.480 e. The molecule has 0 aliphatic carbocycles. The van der Waals surface area contributed by atoms with Gasteiger partial charge in [0.15, 0.2) is 0 Å². The fourth-order valence-corrected chi connectivity index (χ4v) is 2.35. The average molecular weight is 342 g/mol. The average Bonchev–Trinajstić information content (AvgIpc) is 2.94. The lowest BCUT2D eigenvalue weighted by Gasteiger charge is -2.17. The topological polar surface area (TPSA) is 75.6 Å². The molecule has 0 radical (unpaired) electrons. The molecule has 1 aromatic carbocycles. The fourth-order valence-electron chi connectivity index (χ4n) is 2.09. The molecule has 6 heteroatoms. The smallest absolute Gasteiger partial charge is 0.326 e. The van der Waals surface area contributed by atoms with E-state index in [1.54, 1.807) is 0 Å². The van der Waals surface area contributed by atoms with Crippen LogP contribution in [-0.4, -0.2) is 36.2 Å². The SMILES string of the molecule is O=C(N[C@H](Cc1ccc(Br)cc1)C(=O)O)[C@@H]1CCOC1. The summed E-state index contributed by atoms with van der Waals surface area (Å²) in [6.45, 7) is 0.930. The molecule has 1 heterocycles. The van der Waals surface area contributed by atoms with Gasteiger partial charge in [-0.05, 0) is 24.1 Å². The molecule has 2 atom stereocenters. The predicted octanol–water partition coefficient (Wildman–Crippen LogP) is 1.60. The maximum atomic E-state index is 11.9. The van der Waals surface area contributed by atoms with Gasteiger partial charge >= 0.3 is 5.97 Å². The van der Waals surface area contributed by atoms with Gasteiger partial charge in [0.25, 0.3) is 0 Å². The molecule has 2 rings (SSSR count). The summed E-state index contributed by atoms with van der Waals surface area (Å²) in [5.74, 6) is -1.51. The first-order chi connectivity index (χ1) is 9.56. The van der Waals surface area contributed by atoms with Crippen molar-refractivity contribution >= 4 is 27.8 Å². The molecule has 0 saturated carbocycles. The summed E-state index contributed by atoms with van der Waals surface area (Å²) in [4.78, 5) is 23.2. The second-order valence-corrected chi connectivity index (χ2v) is 5.71. The zero-order chi connectivity index (χ0) is 14.5. The maximum absolute atomic E-state index is 11.9. The summed E-state index contributed by atoms with van der Waals surface area (Å²) in [5, 5.41) is 11.8. The van der Waals surface area contributed by atoms with Crippen molar-refractivity contribution < 1.29 is 19.4 Å². The molecule has 0 unspecified atom stereocenters. The van der Waals surface area contributed by atoms with Gasteiger partial charge in [-0.15, -0.1) is 0 Å². The van der Waals surface area contributed by atoms with E-state index in [0.29, 0.717) is 19.6 Å². The Morgan fingerprint density at radius 2 is 2.10 bits per heavy atom. The van der Waals surface area contributed by atoms with Gasteiger partial charge < -0.3 is 15.2 Å². The lowest BCUT2D eigenvalue weighted by Crippen LogP contribution is -2.45. The second kappa shape index (κ2) is 6.85. The zero-order valence-corrected chi connectivity index (χ0v) is 12.4.